The Hall–Kier alpha value is -0.610. The highest BCUT2D eigenvalue weighted by Gasteiger charge is 2.21. The molecule has 2 N–H and O–H groups in total. The van der Waals surface area contributed by atoms with Gasteiger partial charge in [0.05, 0.1) is 6.54 Å². The smallest absolute Gasteiger partial charge is 0.234 e. The van der Waals surface area contributed by atoms with Gasteiger partial charge in [0.1, 0.15) is 0 Å². The first-order chi connectivity index (χ1) is 7.27. The van der Waals surface area contributed by atoms with Crippen LogP contribution in [-0.2, 0) is 4.79 Å². The predicted octanol–water partition coefficient (Wildman–Crippen LogP) is 0.196. The first-order valence-corrected chi connectivity index (χ1v) is 5.99. The van der Waals surface area contributed by atoms with Crippen molar-refractivity contribution in [3.8, 4) is 0 Å². The predicted molar refractivity (Wildman–Crippen MR) is 61.8 cm³/mol. The van der Waals surface area contributed by atoms with Crippen molar-refractivity contribution in [1.82, 2.24) is 15.5 Å². The topological polar surface area (TPSA) is 44.4 Å². The van der Waals surface area contributed by atoms with Crippen LogP contribution in [0.3, 0.4) is 0 Å². The zero-order chi connectivity index (χ0) is 11.1. The average molecular weight is 213 g/mol. The molecule has 0 aliphatic carbocycles. The second kappa shape index (κ2) is 6.80. The van der Waals surface area contributed by atoms with Crippen LogP contribution < -0.4 is 10.6 Å². The van der Waals surface area contributed by atoms with E-state index < -0.39 is 0 Å². The van der Waals surface area contributed by atoms with Crippen molar-refractivity contribution in [2.24, 2.45) is 0 Å². The van der Waals surface area contributed by atoms with E-state index in [1.54, 1.807) is 0 Å². The number of hydrogen-bond acceptors (Lipinski definition) is 3. The van der Waals surface area contributed by atoms with Gasteiger partial charge in [-0.05, 0) is 39.4 Å². The lowest BCUT2D eigenvalue weighted by atomic mass is 10.0. The zero-order valence-corrected chi connectivity index (χ0v) is 9.88. The summed E-state index contributed by atoms with van der Waals surface area (Å²) in [4.78, 5) is 13.8. The van der Waals surface area contributed by atoms with Crippen LogP contribution in [0.5, 0.6) is 0 Å². The van der Waals surface area contributed by atoms with Gasteiger partial charge in [0.2, 0.25) is 5.91 Å². The second-order valence-corrected chi connectivity index (χ2v) is 4.00. The van der Waals surface area contributed by atoms with Crippen LogP contribution in [0.1, 0.15) is 26.7 Å². The molecule has 0 aromatic carbocycles. The third kappa shape index (κ3) is 4.18. The fraction of sp³-hybridized carbons (Fsp3) is 0.909. The zero-order valence-electron chi connectivity index (χ0n) is 9.88. The molecular formula is C11H23N3O. The molecule has 1 aliphatic rings. The van der Waals surface area contributed by atoms with Crippen LogP contribution in [0.15, 0.2) is 0 Å². The first kappa shape index (κ1) is 12.5. The van der Waals surface area contributed by atoms with E-state index in [9.17, 15) is 4.79 Å². The number of likely N-dealkylation sites (N-methyl/N-ethyl adjacent to an activating group) is 2. The Labute approximate surface area is 92.4 Å². The van der Waals surface area contributed by atoms with Crippen molar-refractivity contribution in [2.75, 3.05) is 32.7 Å². The Kier molecular flexibility index (Phi) is 5.65. The van der Waals surface area contributed by atoms with Gasteiger partial charge in [-0.25, -0.2) is 0 Å². The van der Waals surface area contributed by atoms with Crippen LogP contribution in [0.4, 0.5) is 0 Å². The van der Waals surface area contributed by atoms with Crippen molar-refractivity contribution in [3.05, 3.63) is 0 Å². The van der Waals surface area contributed by atoms with Gasteiger partial charge in [0.15, 0.2) is 0 Å². The summed E-state index contributed by atoms with van der Waals surface area (Å²) >= 11 is 0. The molecule has 1 amide bonds. The van der Waals surface area contributed by atoms with Gasteiger partial charge in [0.25, 0.3) is 0 Å². The van der Waals surface area contributed by atoms with Gasteiger partial charge in [-0.2, -0.15) is 0 Å². The number of nitrogens with one attached hydrogen (secondary N) is 2. The van der Waals surface area contributed by atoms with E-state index in [1.165, 1.54) is 0 Å². The highest BCUT2D eigenvalue weighted by molar-refractivity contribution is 5.77. The van der Waals surface area contributed by atoms with E-state index in [1.807, 2.05) is 6.92 Å². The van der Waals surface area contributed by atoms with E-state index in [0.29, 0.717) is 12.6 Å². The molecule has 1 fully saturated rings. The van der Waals surface area contributed by atoms with Crippen LogP contribution in [0.25, 0.3) is 0 Å². The summed E-state index contributed by atoms with van der Waals surface area (Å²) in [5.74, 6) is 0.151. The molecule has 0 radical (unpaired) electrons. The Bertz CT molecular complexity index is 190. The minimum atomic E-state index is 0.151. The van der Waals surface area contributed by atoms with Crippen LogP contribution in [0, 0.1) is 0 Å². The maximum absolute atomic E-state index is 11.5. The molecule has 15 heavy (non-hydrogen) atoms. The number of piperidine rings is 1. The summed E-state index contributed by atoms with van der Waals surface area (Å²) in [6.07, 6.45) is 2.32. The molecule has 88 valence electrons. The second-order valence-electron chi connectivity index (χ2n) is 4.00. The monoisotopic (exact) mass is 213 g/mol. The van der Waals surface area contributed by atoms with Crippen molar-refractivity contribution in [3.63, 3.8) is 0 Å². The minimum Gasteiger partial charge on any atom is -0.355 e. The largest absolute Gasteiger partial charge is 0.355 e. The highest BCUT2D eigenvalue weighted by atomic mass is 16.2. The SMILES string of the molecule is CCNC(=O)CN(CC)C1CCNCC1. The average Bonchev–Trinajstić information content (AvgIpc) is 2.27. The summed E-state index contributed by atoms with van der Waals surface area (Å²) < 4.78 is 0. The standard InChI is InChI=1S/C11H23N3O/c1-3-13-11(15)9-14(4-2)10-5-7-12-8-6-10/h10,12H,3-9H2,1-2H3,(H,13,15). The molecule has 0 bridgehead atoms. The number of amides is 1. The molecule has 1 aliphatic heterocycles. The Morgan fingerprint density at radius 2 is 2.07 bits per heavy atom. The maximum atomic E-state index is 11.5. The van der Waals surface area contributed by atoms with E-state index in [-0.39, 0.29) is 5.91 Å². The summed E-state index contributed by atoms with van der Waals surface area (Å²) in [5.41, 5.74) is 0. The minimum absolute atomic E-state index is 0.151. The third-order valence-electron chi connectivity index (χ3n) is 2.95. The normalized spacial score (nSPS) is 18.1. The molecule has 4 nitrogen and oxygen atoms in total. The van der Waals surface area contributed by atoms with Gasteiger partial charge < -0.3 is 10.6 Å². The van der Waals surface area contributed by atoms with Crippen LogP contribution >= 0.6 is 0 Å². The van der Waals surface area contributed by atoms with E-state index in [4.69, 9.17) is 0 Å². The summed E-state index contributed by atoms with van der Waals surface area (Å²) in [6, 6.07) is 0.582. The van der Waals surface area contributed by atoms with E-state index >= 15 is 0 Å². The Morgan fingerprint density at radius 3 is 2.60 bits per heavy atom. The summed E-state index contributed by atoms with van der Waals surface area (Å²) in [7, 11) is 0. The molecule has 0 atom stereocenters. The van der Waals surface area contributed by atoms with Crippen molar-refractivity contribution in [2.45, 2.75) is 32.7 Å². The molecule has 0 aromatic rings. The van der Waals surface area contributed by atoms with Gasteiger partial charge in [-0.15, -0.1) is 0 Å². The van der Waals surface area contributed by atoms with Gasteiger partial charge in [-0.3, -0.25) is 9.69 Å². The van der Waals surface area contributed by atoms with Crippen LogP contribution in [-0.4, -0.2) is 49.6 Å². The lowest BCUT2D eigenvalue weighted by Crippen LogP contribution is -2.47. The molecular weight excluding hydrogens is 190 g/mol. The van der Waals surface area contributed by atoms with E-state index in [0.717, 1.165) is 39.0 Å². The molecule has 0 spiro atoms. The fourth-order valence-corrected chi connectivity index (χ4v) is 2.11. The molecule has 1 heterocycles. The van der Waals surface area contributed by atoms with Gasteiger partial charge in [-0.1, -0.05) is 6.92 Å². The number of carbonyl (C=O) groups excluding carboxylic acids is 1. The van der Waals surface area contributed by atoms with Gasteiger partial charge in [0, 0.05) is 12.6 Å². The number of hydrogen-bond donors (Lipinski definition) is 2. The highest BCUT2D eigenvalue weighted by Crippen LogP contribution is 2.10. The number of nitrogens with zero attached hydrogens (tertiary/aromatic N) is 1. The number of carbonyl (C=O) groups is 1. The first-order valence-electron chi connectivity index (χ1n) is 5.99. The number of rotatable bonds is 5. The van der Waals surface area contributed by atoms with Crippen molar-refractivity contribution in [1.29, 1.82) is 0 Å². The lowest BCUT2D eigenvalue weighted by Gasteiger charge is -2.33. The van der Waals surface area contributed by atoms with Gasteiger partial charge >= 0.3 is 0 Å². The summed E-state index contributed by atoms with van der Waals surface area (Å²) in [5, 5.41) is 6.20. The van der Waals surface area contributed by atoms with E-state index in [2.05, 4.69) is 22.5 Å². The molecule has 0 aromatic heterocycles. The molecule has 1 rings (SSSR count). The van der Waals surface area contributed by atoms with Crippen molar-refractivity contribution >= 4 is 5.91 Å². The lowest BCUT2D eigenvalue weighted by molar-refractivity contribution is -0.122. The summed E-state index contributed by atoms with van der Waals surface area (Å²) in [6.45, 7) is 8.48. The maximum Gasteiger partial charge on any atom is 0.234 e. The Morgan fingerprint density at radius 1 is 1.40 bits per heavy atom. The molecule has 4 heteroatoms. The Balaban J connectivity index is 2.36. The molecule has 0 saturated carbocycles. The molecule has 0 unspecified atom stereocenters. The van der Waals surface area contributed by atoms with Crippen molar-refractivity contribution < 1.29 is 4.79 Å². The van der Waals surface area contributed by atoms with Crippen LogP contribution in [0.2, 0.25) is 0 Å². The quantitative estimate of drug-likeness (QED) is 0.685. The third-order valence-corrected chi connectivity index (χ3v) is 2.95. The fourth-order valence-electron chi connectivity index (χ4n) is 2.11. The molecule has 1 saturated heterocycles.